The summed E-state index contributed by atoms with van der Waals surface area (Å²) in [5.41, 5.74) is 5.73. The number of benzene rings is 1. The van der Waals surface area contributed by atoms with Gasteiger partial charge in [-0.3, -0.25) is 9.69 Å². The molecule has 0 aliphatic heterocycles. The molecule has 0 aromatic heterocycles. The van der Waals surface area contributed by atoms with Crippen molar-refractivity contribution in [3.05, 3.63) is 35.9 Å². The first-order chi connectivity index (χ1) is 9.51. The maximum absolute atomic E-state index is 11.8. The number of nitrogens with two attached hydrogens (primary N) is 1. The van der Waals surface area contributed by atoms with Crippen LogP contribution < -0.4 is 5.73 Å². The highest BCUT2D eigenvalue weighted by Crippen LogP contribution is 2.70. The fraction of sp³-hybridized carbons (Fsp3) is 0.467. The van der Waals surface area contributed by atoms with Gasteiger partial charge in [0.05, 0.1) is 6.54 Å². The third kappa shape index (κ3) is 1.73. The molecule has 0 unspecified atom stereocenters. The van der Waals surface area contributed by atoms with Crippen LogP contribution in [0.2, 0.25) is 0 Å². The smallest absolute Gasteiger partial charge is 0.408 e. The number of carbonyl (C=O) groups is 2. The summed E-state index contributed by atoms with van der Waals surface area (Å²) >= 11 is 0. The minimum Gasteiger partial charge on any atom is -0.465 e. The van der Waals surface area contributed by atoms with E-state index in [9.17, 15) is 14.7 Å². The number of ketones is 1. The molecule has 106 valence electrons. The van der Waals surface area contributed by atoms with E-state index in [2.05, 4.69) is 0 Å². The zero-order valence-electron chi connectivity index (χ0n) is 11.2. The molecule has 3 fully saturated rings. The third-order valence-electron chi connectivity index (χ3n) is 4.77. The maximum atomic E-state index is 11.8. The SMILES string of the molecule is NCC(=O)C12CC(N(Cc3ccccc3)C(=O)O)(C1)C2. The minimum absolute atomic E-state index is 0.0574. The Morgan fingerprint density at radius 1 is 1.20 bits per heavy atom. The lowest BCUT2D eigenvalue weighted by Crippen LogP contribution is -2.77. The molecular formula is C15H18N2O3. The minimum atomic E-state index is -0.914. The van der Waals surface area contributed by atoms with Crippen LogP contribution in [0.4, 0.5) is 4.79 Å². The second-order valence-corrected chi connectivity index (χ2v) is 6.02. The van der Waals surface area contributed by atoms with Gasteiger partial charge in [0.2, 0.25) is 0 Å². The van der Waals surface area contributed by atoms with Crippen molar-refractivity contribution in [3.8, 4) is 0 Å². The molecule has 0 radical (unpaired) electrons. The van der Waals surface area contributed by atoms with E-state index in [4.69, 9.17) is 5.73 Å². The first-order valence-electron chi connectivity index (χ1n) is 6.79. The predicted molar refractivity (Wildman–Crippen MR) is 73.1 cm³/mol. The topological polar surface area (TPSA) is 83.6 Å². The van der Waals surface area contributed by atoms with E-state index in [0.717, 1.165) is 5.56 Å². The average Bonchev–Trinajstić information content (AvgIpc) is 2.35. The summed E-state index contributed by atoms with van der Waals surface area (Å²) in [6.07, 6.45) is 0.988. The van der Waals surface area contributed by atoms with Crippen LogP contribution >= 0.6 is 0 Å². The lowest BCUT2D eigenvalue weighted by molar-refractivity contribution is -0.208. The summed E-state index contributed by atoms with van der Waals surface area (Å²) in [7, 11) is 0. The Morgan fingerprint density at radius 2 is 1.80 bits per heavy atom. The molecule has 3 N–H and O–H groups in total. The van der Waals surface area contributed by atoms with E-state index in [1.807, 2.05) is 30.3 Å². The van der Waals surface area contributed by atoms with Crippen LogP contribution in [0.25, 0.3) is 0 Å². The van der Waals surface area contributed by atoms with Crippen LogP contribution in [0.1, 0.15) is 24.8 Å². The summed E-state index contributed by atoms with van der Waals surface area (Å²) < 4.78 is 0. The van der Waals surface area contributed by atoms with E-state index in [1.54, 1.807) is 0 Å². The fourth-order valence-electron chi connectivity index (χ4n) is 3.74. The Balaban J connectivity index is 1.72. The average molecular weight is 274 g/mol. The number of hydrogen-bond donors (Lipinski definition) is 2. The molecule has 0 heterocycles. The van der Waals surface area contributed by atoms with Gasteiger partial charge in [-0.1, -0.05) is 30.3 Å². The molecular weight excluding hydrogens is 256 g/mol. The molecule has 0 atom stereocenters. The molecule has 5 heteroatoms. The number of carboxylic acid groups (broad SMARTS) is 1. The van der Waals surface area contributed by atoms with Gasteiger partial charge in [-0.05, 0) is 24.8 Å². The van der Waals surface area contributed by atoms with Crippen LogP contribution in [0.15, 0.2) is 30.3 Å². The van der Waals surface area contributed by atoms with E-state index in [1.165, 1.54) is 4.90 Å². The van der Waals surface area contributed by atoms with Crippen LogP contribution in [-0.4, -0.2) is 34.0 Å². The summed E-state index contributed by atoms with van der Waals surface area (Å²) in [6, 6.07) is 9.54. The molecule has 3 saturated carbocycles. The lowest BCUT2D eigenvalue weighted by Gasteiger charge is -2.72. The molecule has 5 nitrogen and oxygen atoms in total. The molecule has 20 heavy (non-hydrogen) atoms. The number of Topliss-reactive ketones (excluding diaryl/α,β-unsaturated/α-hetero) is 1. The van der Waals surface area contributed by atoms with E-state index >= 15 is 0 Å². The van der Waals surface area contributed by atoms with Crippen molar-refractivity contribution < 1.29 is 14.7 Å². The lowest BCUT2D eigenvalue weighted by atomic mass is 9.37. The summed E-state index contributed by atoms with van der Waals surface area (Å²) in [4.78, 5) is 24.8. The zero-order chi connectivity index (χ0) is 14.4. The van der Waals surface area contributed by atoms with Gasteiger partial charge in [0.15, 0.2) is 5.78 Å². The largest absolute Gasteiger partial charge is 0.465 e. The maximum Gasteiger partial charge on any atom is 0.408 e. The summed E-state index contributed by atoms with van der Waals surface area (Å²) in [6.45, 7) is 0.435. The highest BCUT2D eigenvalue weighted by molar-refractivity contribution is 5.91. The number of hydrogen-bond acceptors (Lipinski definition) is 3. The van der Waals surface area contributed by atoms with Crippen molar-refractivity contribution in [1.82, 2.24) is 4.90 Å². The predicted octanol–water partition coefficient (Wildman–Crippen LogP) is 1.62. The van der Waals surface area contributed by atoms with Crippen molar-refractivity contribution in [2.45, 2.75) is 31.3 Å². The Morgan fingerprint density at radius 3 is 2.30 bits per heavy atom. The van der Waals surface area contributed by atoms with Gasteiger partial charge in [-0.25, -0.2) is 4.79 Å². The van der Waals surface area contributed by atoms with Crippen LogP contribution in [-0.2, 0) is 11.3 Å². The highest BCUT2D eigenvalue weighted by Gasteiger charge is 2.73. The van der Waals surface area contributed by atoms with Gasteiger partial charge in [0.25, 0.3) is 0 Å². The van der Waals surface area contributed by atoms with Gasteiger partial charge in [-0.2, -0.15) is 0 Å². The van der Waals surface area contributed by atoms with Crippen molar-refractivity contribution in [2.24, 2.45) is 11.1 Å². The summed E-state index contributed by atoms with van der Waals surface area (Å²) in [5.74, 6) is 0.0735. The Hall–Kier alpha value is -1.88. The van der Waals surface area contributed by atoms with Crippen molar-refractivity contribution in [2.75, 3.05) is 6.54 Å². The zero-order valence-corrected chi connectivity index (χ0v) is 11.2. The van der Waals surface area contributed by atoms with Gasteiger partial charge >= 0.3 is 6.09 Å². The Kier molecular flexibility index (Phi) is 2.83. The van der Waals surface area contributed by atoms with Gasteiger partial charge in [0, 0.05) is 17.5 Å². The summed E-state index contributed by atoms with van der Waals surface area (Å²) in [5, 5.41) is 9.46. The molecule has 0 spiro atoms. The molecule has 1 aromatic rings. The van der Waals surface area contributed by atoms with Crippen LogP contribution in [0.5, 0.6) is 0 Å². The van der Waals surface area contributed by atoms with Crippen molar-refractivity contribution in [3.63, 3.8) is 0 Å². The van der Waals surface area contributed by atoms with Crippen molar-refractivity contribution in [1.29, 1.82) is 0 Å². The van der Waals surface area contributed by atoms with Gasteiger partial charge < -0.3 is 10.8 Å². The monoisotopic (exact) mass is 274 g/mol. The molecule has 3 aliphatic rings. The standard InChI is InChI=1S/C15H18N2O3/c16-6-12(18)14-8-15(9-14,10-14)17(13(19)20)7-11-4-2-1-3-5-11/h1-5H,6-10,16H2,(H,19,20). The molecule has 0 saturated heterocycles. The molecule has 1 aromatic carbocycles. The molecule has 3 aliphatic carbocycles. The number of carbonyl (C=O) groups excluding carboxylic acids is 1. The second-order valence-electron chi connectivity index (χ2n) is 6.02. The Labute approximate surface area is 117 Å². The number of nitrogens with zero attached hydrogens (tertiary/aromatic N) is 1. The van der Waals surface area contributed by atoms with Gasteiger partial charge in [-0.15, -0.1) is 0 Å². The first-order valence-corrected chi connectivity index (χ1v) is 6.79. The van der Waals surface area contributed by atoms with Crippen LogP contribution in [0.3, 0.4) is 0 Å². The normalized spacial score (nSPS) is 30.1. The number of rotatable bonds is 5. The van der Waals surface area contributed by atoms with Gasteiger partial charge in [0.1, 0.15) is 0 Å². The third-order valence-corrected chi connectivity index (χ3v) is 4.77. The molecule has 1 amide bonds. The Bertz CT molecular complexity index is 536. The van der Waals surface area contributed by atoms with Crippen LogP contribution in [0, 0.1) is 5.41 Å². The molecule has 4 rings (SSSR count). The highest BCUT2D eigenvalue weighted by atomic mass is 16.4. The fourth-order valence-corrected chi connectivity index (χ4v) is 3.74. The number of amides is 1. The van der Waals surface area contributed by atoms with E-state index < -0.39 is 6.09 Å². The quantitative estimate of drug-likeness (QED) is 0.854. The van der Waals surface area contributed by atoms with E-state index in [-0.39, 0.29) is 23.3 Å². The van der Waals surface area contributed by atoms with Crippen molar-refractivity contribution >= 4 is 11.9 Å². The first kappa shape index (κ1) is 13.1. The van der Waals surface area contributed by atoms with E-state index in [0.29, 0.717) is 25.8 Å². The molecule has 2 bridgehead atoms. The second kappa shape index (κ2) is 4.31.